The van der Waals surface area contributed by atoms with Gasteiger partial charge in [-0.3, -0.25) is 4.79 Å². The van der Waals surface area contributed by atoms with Gasteiger partial charge in [-0.25, -0.2) is 4.98 Å². The van der Waals surface area contributed by atoms with Crippen LogP contribution in [-0.2, 0) is 5.60 Å². The van der Waals surface area contributed by atoms with Crippen molar-refractivity contribution in [1.82, 2.24) is 10.3 Å². The van der Waals surface area contributed by atoms with Gasteiger partial charge in [0.15, 0.2) is 11.5 Å². The highest BCUT2D eigenvalue weighted by atomic mass is 32.2. The van der Waals surface area contributed by atoms with Crippen molar-refractivity contribution < 1.29 is 19.4 Å². The molecule has 126 valence electrons. The van der Waals surface area contributed by atoms with E-state index >= 15 is 0 Å². The molecule has 0 fully saturated rings. The minimum atomic E-state index is -1.24. The SMILES string of the molecule is CSc1ncccc1C(=O)NC[C@](C)(O)c1ccc2c(c1)OCO2. The minimum absolute atomic E-state index is 0.0637. The lowest BCUT2D eigenvalue weighted by Gasteiger charge is -2.24. The molecule has 0 bridgehead atoms. The Kier molecular flexibility index (Phi) is 4.64. The highest BCUT2D eigenvalue weighted by Crippen LogP contribution is 2.35. The third kappa shape index (κ3) is 3.32. The second-order valence-corrected chi connectivity index (χ2v) is 6.38. The largest absolute Gasteiger partial charge is 0.454 e. The third-order valence-corrected chi connectivity index (χ3v) is 4.51. The van der Waals surface area contributed by atoms with Crippen LogP contribution in [0.15, 0.2) is 41.6 Å². The number of amides is 1. The number of benzene rings is 1. The summed E-state index contributed by atoms with van der Waals surface area (Å²) in [6.07, 6.45) is 3.51. The first kappa shape index (κ1) is 16.6. The first-order chi connectivity index (χ1) is 11.5. The summed E-state index contributed by atoms with van der Waals surface area (Å²) in [7, 11) is 0. The Labute approximate surface area is 144 Å². The van der Waals surface area contributed by atoms with Gasteiger partial charge in [-0.2, -0.15) is 0 Å². The summed E-state index contributed by atoms with van der Waals surface area (Å²) in [5, 5.41) is 14.1. The maximum absolute atomic E-state index is 12.4. The number of fused-ring (bicyclic) bond motifs is 1. The molecule has 24 heavy (non-hydrogen) atoms. The summed E-state index contributed by atoms with van der Waals surface area (Å²) >= 11 is 1.40. The number of aromatic nitrogens is 1. The second kappa shape index (κ2) is 6.70. The molecule has 0 radical (unpaired) electrons. The van der Waals surface area contributed by atoms with Gasteiger partial charge in [0.05, 0.1) is 12.1 Å². The van der Waals surface area contributed by atoms with Gasteiger partial charge in [-0.05, 0) is 43.0 Å². The molecule has 1 atom stereocenters. The van der Waals surface area contributed by atoms with Crippen LogP contribution in [0, 0.1) is 0 Å². The van der Waals surface area contributed by atoms with Gasteiger partial charge in [-0.1, -0.05) is 6.07 Å². The molecular weight excluding hydrogens is 328 g/mol. The lowest BCUT2D eigenvalue weighted by Crippen LogP contribution is -2.38. The summed E-state index contributed by atoms with van der Waals surface area (Å²) in [6.45, 7) is 1.88. The van der Waals surface area contributed by atoms with Crippen molar-refractivity contribution >= 4 is 17.7 Å². The molecule has 0 unspecified atom stereocenters. The minimum Gasteiger partial charge on any atom is -0.454 e. The van der Waals surface area contributed by atoms with E-state index in [2.05, 4.69) is 10.3 Å². The third-order valence-electron chi connectivity index (χ3n) is 3.80. The topological polar surface area (TPSA) is 80.7 Å². The van der Waals surface area contributed by atoms with E-state index in [-0.39, 0.29) is 19.2 Å². The van der Waals surface area contributed by atoms with Crippen LogP contribution in [-0.4, -0.2) is 35.6 Å². The molecule has 3 rings (SSSR count). The molecule has 7 heteroatoms. The number of carbonyl (C=O) groups is 1. The zero-order valence-corrected chi connectivity index (χ0v) is 14.2. The van der Waals surface area contributed by atoms with Crippen LogP contribution in [0.2, 0.25) is 0 Å². The predicted molar refractivity (Wildman–Crippen MR) is 90.5 cm³/mol. The molecule has 2 N–H and O–H groups in total. The molecule has 1 aromatic heterocycles. The van der Waals surface area contributed by atoms with Gasteiger partial charge in [0.1, 0.15) is 10.6 Å². The van der Waals surface area contributed by atoms with Gasteiger partial charge in [-0.15, -0.1) is 11.8 Å². The van der Waals surface area contributed by atoms with Gasteiger partial charge >= 0.3 is 0 Å². The number of thioether (sulfide) groups is 1. The van der Waals surface area contributed by atoms with E-state index in [1.165, 1.54) is 11.8 Å². The summed E-state index contributed by atoms with van der Waals surface area (Å²) in [5.74, 6) is 0.975. The Morgan fingerprint density at radius 2 is 2.17 bits per heavy atom. The zero-order valence-electron chi connectivity index (χ0n) is 13.4. The zero-order chi connectivity index (χ0) is 17.2. The lowest BCUT2D eigenvalue weighted by atomic mass is 9.95. The molecule has 1 aliphatic heterocycles. The Morgan fingerprint density at radius 3 is 2.96 bits per heavy atom. The fourth-order valence-electron chi connectivity index (χ4n) is 2.41. The molecule has 6 nitrogen and oxygen atoms in total. The van der Waals surface area contributed by atoms with Crippen molar-refractivity contribution in [1.29, 1.82) is 0 Å². The number of rotatable bonds is 5. The number of ether oxygens (including phenoxy) is 2. The molecular formula is C17H18N2O4S. The quantitative estimate of drug-likeness (QED) is 0.808. The van der Waals surface area contributed by atoms with E-state index in [0.717, 1.165) is 0 Å². The normalized spacial score (nSPS) is 15.0. The second-order valence-electron chi connectivity index (χ2n) is 5.58. The molecule has 1 aliphatic rings. The number of carbonyl (C=O) groups excluding carboxylic acids is 1. The molecule has 0 aliphatic carbocycles. The number of nitrogens with zero attached hydrogens (tertiary/aromatic N) is 1. The van der Waals surface area contributed by atoms with Gasteiger partial charge in [0, 0.05) is 6.20 Å². The summed E-state index contributed by atoms with van der Waals surface area (Å²) in [4.78, 5) is 16.5. The molecule has 2 aromatic rings. The Balaban J connectivity index is 1.72. The summed E-state index contributed by atoms with van der Waals surface area (Å²) in [5.41, 5.74) is -0.104. The predicted octanol–water partition coefficient (Wildman–Crippen LogP) is 2.17. The maximum Gasteiger partial charge on any atom is 0.254 e. The first-order valence-electron chi connectivity index (χ1n) is 7.41. The lowest BCUT2D eigenvalue weighted by molar-refractivity contribution is 0.0523. The number of nitrogens with one attached hydrogen (secondary N) is 1. The Bertz CT molecular complexity index is 764. The average molecular weight is 346 g/mol. The van der Waals surface area contributed by atoms with Crippen molar-refractivity contribution in [2.75, 3.05) is 19.6 Å². The highest BCUT2D eigenvalue weighted by molar-refractivity contribution is 7.98. The van der Waals surface area contributed by atoms with Crippen molar-refractivity contribution in [3.8, 4) is 11.5 Å². The van der Waals surface area contributed by atoms with Gasteiger partial charge < -0.3 is 19.9 Å². The van der Waals surface area contributed by atoms with Gasteiger partial charge in [0.2, 0.25) is 6.79 Å². The van der Waals surface area contributed by atoms with Crippen molar-refractivity contribution in [3.05, 3.63) is 47.7 Å². The van der Waals surface area contributed by atoms with Crippen LogP contribution >= 0.6 is 11.8 Å². The first-order valence-corrected chi connectivity index (χ1v) is 8.63. The van der Waals surface area contributed by atoms with E-state index in [4.69, 9.17) is 9.47 Å². The number of hydrogen-bond acceptors (Lipinski definition) is 6. The molecule has 0 saturated carbocycles. The number of hydrogen-bond donors (Lipinski definition) is 2. The Morgan fingerprint density at radius 1 is 1.38 bits per heavy atom. The van der Waals surface area contributed by atoms with Gasteiger partial charge in [0.25, 0.3) is 5.91 Å². The number of pyridine rings is 1. The maximum atomic E-state index is 12.4. The number of aliphatic hydroxyl groups is 1. The van der Waals surface area contributed by atoms with E-state index in [1.54, 1.807) is 43.5 Å². The van der Waals surface area contributed by atoms with E-state index in [0.29, 0.717) is 27.7 Å². The van der Waals surface area contributed by atoms with E-state index < -0.39 is 5.60 Å². The average Bonchev–Trinajstić information content (AvgIpc) is 3.07. The monoisotopic (exact) mass is 346 g/mol. The fourth-order valence-corrected chi connectivity index (χ4v) is 2.95. The molecule has 0 saturated heterocycles. The summed E-state index contributed by atoms with van der Waals surface area (Å²) < 4.78 is 10.6. The smallest absolute Gasteiger partial charge is 0.254 e. The molecule has 2 heterocycles. The van der Waals surface area contributed by atoms with Crippen molar-refractivity contribution in [2.45, 2.75) is 17.6 Å². The molecule has 1 aromatic carbocycles. The Hall–Kier alpha value is -2.25. The van der Waals surface area contributed by atoms with E-state index in [9.17, 15) is 9.90 Å². The van der Waals surface area contributed by atoms with Crippen LogP contribution in [0.5, 0.6) is 11.5 Å². The van der Waals surface area contributed by atoms with Crippen molar-refractivity contribution in [2.24, 2.45) is 0 Å². The standard InChI is InChI=1S/C17H18N2O4S/c1-17(21,11-5-6-13-14(8-11)23-10-22-13)9-19-15(20)12-4-3-7-18-16(12)24-2/h3-8,21H,9-10H2,1-2H3,(H,19,20)/t17-/m0/s1. The van der Waals surface area contributed by atoms with E-state index in [1.807, 2.05) is 6.26 Å². The van der Waals surface area contributed by atoms with Crippen LogP contribution < -0.4 is 14.8 Å². The van der Waals surface area contributed by atoms with Crippen LogP contribution in [0.1, 0.15) is 22.8 Å². The molecule has 0 spiro atoms. The summed E-state index contributed by atoms with van der Waals surface area (Å²) in [6, 6.07) is 8.66. The van der Waals surface area contributed by atoms with Crippen LogP contribution in [0.3, 0.4) is 0 Å². The van der Waals surface area contributed by atoms with Crippen molar-refractivity contribution in [3.63, 3.8) is 0 Å². The van der Waals surface area contributed by atoms with Crippen LogP contribution in [0.4, 0.5) is 0 Å². The molecule has 1 amide bonds. The fraction of sp³-hybridized carbons (Fsp3) is 0.294. The highest BCUT2D eigenvalue weighted by Gasteiger charge is 2.27. The van der Waals surface area contributed by atoms with Crippen LogP contribution in [0.25, 0.3) is 0 Å².